The Hall–Kier alpha value is -3.18. The highest BCUT2D eigenvalue weighted by Gasteiger charge is 2.33. The van der Waals surface area contributed by atoms with Crippen LogP contribution in [0.5, 0.6) is 0 Å². The number of nitrogens with two attached hydrogens (primary N) is 1. The number of fused-ring (bicyclic) bond motifs is 1. The standard InChI is InChI=1S/C23H23N3O2/c1-15-8-9-19-18(12-15)22(16-6-4-3-5-7-16)25-13-20(26(19)2)21(24)23(27)17-10-11-28-14-17/h3-12,14,20-21H,13,24H2,1-2H3. The highest BCUT2D eigenvalue weighted by atomic mass is 16.3. The summed E-state index contributed by atoms with van der Waals surface area (Å²) in [6.45, 7) is 2.50. The van der Waals surface area contributed by atoms with Crippen molar-refractivity contribution in [2.24, 2.45) is 10.7 Å². The lowest BCUT2D eigenvalue weighted by atomic mass is 9.97. The van der Waals surface area contributed by atoms with Crippen LogP contribution in [0.4, 0.5) is 5.69 Å². The molecular formula is C23H23N3O2. The molecule has 28 heavy (non-hydrogen) atoms. The number of nitrogens with zero attached hydrogens (tertiary/aromatic N) is 2. The summed E-state index contributed by atoms with van der Waals surface area (Å²) >= 11 is 0. The number of hydrogen-bond acceptors (Lipinski definition) is 5. The lowest BCUT2D eigenvalue weighted by Gasteiger charge is -2.32. The van der Waals surface area contributed by atoms with Gasteiger partial charge in [0, 0.05) is 23.9 Å². The number of aliphatic imine (C=N–C) groups is 1. The van der Waals surface area contributed by atoms with Crippen molar-refractivity contribution in [1.82, 2.24) is 0 Å². The van der Waals surface area contributed by atoms with Crippen molar-refractivity contribution in [2.75, 3.05) is 18.5 Å². The average Bonchev–Trinajstić information content (AvgIpc) is 3.21. The van der Waals surface area contributed by atoms with Crippen molar-refractivity contribution < 1.29 is 9.21 Å². The predicted octanol–water partition coefficient (Wildman–Crippen LogP) is 3.45. The molecule has 2 atom stereocenters. The topological polar surface area (TPSA) is 71.8 Å². The first-order valence-electron chi connectivity index (χ1n) is 9.32. The molecule has 1 aromatic heterocycles. The van der Waals surface area contributed by atoms with E-state index < -0.39 is 6.04 Å². The maximum Gasteiger partial charge on any atom is 0.184 e. The van der Waals surface area contributed by atoms with Crippen molar-refractivity contribution in [3.8, 4) is 0 Å². The second-order valence-electron chi connectivity index (χ2n) is 7.16. The molecule has 5 nitrogen and oxygen atoms in total. The number of rotatable bonds is 4. The third-order valence-corrected chi connectivity index (χ3v) is 5.29. The summed E-state index contributed by atoms with van der Waals surface area (Å²) in [5, 5.41) is 0. The minimum Gasteiger partial charge on any atom is -0.472 e. The van der Waals surface area contributed by atoms with Crippen molar-refractivity contribution in [1.29, 1.82) is 0 Å². The molecule has 5 heteroatoms. The zero-order valence-corrected chi connectivity index (χ0v) is 16.0. The molecule has 3 aromatic rings. The number of furan rings is 1. The second-order valence-corrected chi connectivity index (χ2v) is 7.16. The monoisotopic (exact) mass is 373 g/mol. The van der Waals surface area contributed by atoms with E-state index in [0.29, 0.717) is 12.1 Å². The Morgan fingerprint density at radius 2 is 2.00 bits per heavy atom. The van der Waals surface area contributed by atoms with Gasteiger partial charge in [-0.1, -0.05) is 42.0 Å². The summed E-state index contributed by atoms with van der Waals surface area (Å²) in [7, 11) is 1.98. The van der Waals surface area contributed by atoms with Crippen LogP contribution in [0, 0.1) is 6.92 Å². The van der Waals surface area contributed by atoms with Crippen LogP contribution in [0.25, 0.3) is 0 Å². The Morgan fingerprint density at radius 1 is 1.21 bits per heavy atom. The van der Waals surface area contributed by atoms with Crippen molar-refractivity contribution >= 4 is 17.2 Å². The van der Waals surface area contributed by atoms with E-state index >= 15 is 0 Å². The molecule has 1 aliphatic rings. The summed E-state index contributed by atoms with van der Waals surface area (Å²) in [6.07, 6.45) is 2.93. The number of likely N-dealkylation sites (N-methyl/N-ethyl adjacent to an activating group) is 1. The van der Waals surface area contributed by atoms with Crippen LogP contribution in [-0.4, -0.2) is 37.2 Å². The van der Waals surface area contributed by atoms with Gasteiger partial charge in [-0.05, 0) is 25.1 Å². The van der Waals surface area contributed by atoms with Gasteiger partial charge in [-0.2, -0.15) is 0 Å². The van der Waals surface area contributed by atoms with Gasteiger partial charge in [0.05, 0.1) is 36.2 Å². The van der Waals surface area contributed by atoms with E-state index in [9.17, 15) is 4.79 Å². The zero-order valence-electron chi connectivity index (χ0n) is 16.0. The zero-order chi connectivity index (χ0) is 19.7. The van der Waals surface area contributed by atoms with Crippen LogP contribution in [0.3, 0.4) is 0 Å². The van der Waals surface area contributed by atoms with Gasteiger partial charge >= 0.3 is 0 Å². The minimum absolute atomic E-state index is 0.141. The Kier molecular flexibility index (Phi) is 4.84. The predicted molar refractivity (Wildman–Crippen MR) is 111 cm³/mol. The molecule has 0 aliphatic carbocycles. The molecule has 0 saturated carbocycles. The lowest BCUT2D eigenvalue weighted by Crippen LogP contribution is -2.52. The second kappa shape index (κ2) is 7.44. The summed E-state index contributed by atoms with van der Waals surface area (Å²) in [5.74, 6) is -0.141. The minimum atomic E-state index is -0.712. The van der Waals surface area contributed by atoms with Gasteiger partial charge in [-0.15, -0.1) is 0 Å². The summed E-state index contributed by atoms with van der Waals surface area (Å²) in [6, 6.07) is 17.1. The number of aryl methyl sites for hydroxylation is 1. The van der Waals surface area contributed by atoms with Gasteiger partial charge in [0.25, 0.3) is 0 Å². The van der Waals surface area contributed by atoms with Crippen LogP contribution >= 0.6 is 0 Å². The molecule has 0 amide bonds. The molecule has 2 N–H and O–H groups in total. The number of benzene rings is 2. The van der Waals surface area contributed by atoms with Gasteiger partial charge in [-0.25, -0.2) is 0 Å². The molecule has 0 radical (unpaired) electrons. The number of carbonyl (C=O) groups excluding carboxylic acids is 1. The van der Waals surface area contributed by atoms with E-state index in [-0.39, 0.29) is 11.8 Å². The number of anilines is 1. The van der Waals surface area contributed by atoms with Gasteiger partial charge in [0.2, 0.25) is 0 Å². The maximum atomic E-state index is 12.8. The highest BCUT2D eigenvalue weighted by molar-refractivity contribution is 6.16. The SMILES string of the molecule is Cc1ccc2c(c1)C(c1ccccc1)=NCC(C(N)C(=O)c1ccoc1)N2C. The van der Waals surface area contributed by atoms with Crippen LogP contribution in [0.15, 0.2) is 76.5 Å². The molecule has 4 rings (SSSR count). The number of benzodiazepines with no additional fused rings is 1. The van der Waals surface area contributed by atoms with Crippen LogP contribution in [0.2, 0.25) is 0 Å². The quantitative estimate of drug-likeness (QED) is 0.711. The van der Waals surface area contributed by atoms with Gasteiger partial charge < -0.3 is 15.1 Å². The fourth-order valence-electron chi connectivity index (χ4n) is 3.69. The first-order chi connectivity index (χ1) is 13.6. The normalized spacial score (nSPS) is 17.5. The molecule has 2 heterocycles. The Morgan fingerprint density at radius 3 is 2.71 bits per heavy atom. The van der Waals surface area contributed by atoms with Crippen molar-refractivity contribution in [2.45, 2.75) is 19.0 Å². The molecule has 0 fully saturated rings. The molecule has 142 valence electrons. The van der Waals surface area contributed by atoms with E-state index in [1.54, 1.807) is 6.07 Å². The van der Waals surface area contributed by atoms with Crippen LogP contribution in [0.1, 0.15) is 27.0 Å². The molecular weight excluding hydrogens is 350 g/mol. The first kappa shape index (κ1) is 18.2. The lowest BCUT2D eigenvalue weighted by molar-refractivity contribution is 0.0949. The summed E-state index contributed by atoms with van der Waals surface area (Å²) < 4.78 is 5.05. The average molecular weight is 373 g/mol. The largest absolute Gasteiger partial charge is 0.472 e. The van der Waals surface area contributed by atoms with E-state index in [0.717, 1.165) is 28.1 Å². The van der Waals surface area contributed by atoms with E-state index in [1.807, 2.05) is 25.2 Å². The Bertz CT molecular complexity index is 1010. The Labute approximate surface area is 164 Å². The molecule has 2 aromatic carbocycles. The number of hydrogen-bond donors (Lipinski definition) is 1. The molecule has 1 aliphatic heterocycles. The third-order valence-electron chi connectivity index (χ3n) is 5.29. The molecule has 0 bridgehead atoms. The van der Waals surface area contributed by atoms with Gasteiger partial charge in [0.15, 0.2) is 5.78 Å². The van der Waals surface area contributed by atoms with E-state index in [2.05, 4.69) is 42.2 Å². The number of Topliss-reactive ketones (excluding diaryl/α,β-unsaturated/α-hetero) is 1. The van der Waals surface area contributed by atoms with Crippen LogP contribution < -0.4 is 10.6 Å². The molecule has 0 spiro atoms. The summed E-state index contributed by atoms with van der Waals surface area (Å²) in [5.41, 5.74) is 12.1. The fraction of sp³-hybridized carbons (Fsp3) is 0.217. The van der Waals surface area contributed by atoms with Gasteiger partial charge in [-0.3, -0.25) is 9.79 Å². The van der Waals surface area contributed by atoms with E-state index in [4.69, 9.17) is 15.1 Å². The van der Waals surface area contributed by atoms with Crippen molar-refractivity contribution in [3.63, 3.8) is 0 Å². The summed E-state index contributed by atoms with van der Waals surface area (Å²) in [4.78, 5) is 19.8. The number of ketones is 1. The molecule has 2 unspecified atom stereocenters. The molecule has 0 saturated heterocycles. The Balaban J connectivity index is 1.78. The van der Waals surface area contributed by atoms with Crippen LogP contribution in [-0.2, 0) is 0 Å². The van der Waals surface area contributed by atoms with Gasteiger partial charge in [0.1, 0.15) is 6.26 Å². The maximum absolute atomic E-state index is 12.8. The van der Waals surface area contributed by atoms with E-state index in [1.165, 1.54) is 12.5 Å². The van der Waals surface area contributed by atoms with Crippen molar-refractivity contribution in [3.05, 3.63) is 89.4 Å². The number of carbonyl (C=O) groups is 1. The fourth-order valence-corrected chi connectivity index (χ4v) is 3.69. The first-order valence-corrected chi connectivity index (χ1v) is 9.32. The smallest absolute Gasteiger partial charge is 0.184 e. The highest BCUT2D eigenvalue weighted by Crippen LogP contribution is 2.29. The third kappa shape index (κ3) is 3.25.